The summed E-state index contributed by atoms with van der Waals surface area (Å²) in [6.07, 6.45) is 4.07. The van der Waals surface area contributed by atoms with Gasteiger partial charge in [0.25, 0.3) is 11.8 Å². The lowest BCUT2D eigenvalue weighted by molar-refractivity contribution is 0.0126. The fraction of sp³-hybridized carbons (Fsp3) is 0.333. The SMILES string of the molecule is CSc1ccc(C(=O)Nc2ccccc2C(=O)Nc2ccc(Cl)cn2)c(OC2CCN(C(=O)OC(C)(C)C)CC2)c1. The van der Waals surface area contributed by atoms with Gasteiger partial charge in [-0.15, -0.1) is 11.8 Å². The first kappa shape index (κ1) is 30.2. The van der Waals surface area contributed by atoms with Gasteiger partial charge < -0.3 is 25.0 Å². The Hall–Kier alpha value is -3.76. The maximum Gasteiger partial charge on any atom is 0.410 e. The lowest BCUT2D eigenvalue weighted by Gasteiger charge is -2.33. The number of thioether (sulfide) groups is 1. The normalized spacial score (nSPS) is 13.8. The monoisotopic (exact) mass is 596 g/mol. The average Bonchev–Trinajstić information content (AvgIpc) is 2.94. The van der Waals surface area contributed by atoms with Crippen LogP contribution in [0.25, 0.3) is 0 Å². The average molecular weight is 597 g/mol. The number of likely N-dealkylation sites (tertiary alicyclic amines) is 1. The lowest BCUT2D eigenvalue weighted by atomic mass is 10.1. The second kappa shape index (κ2) is 13.3. The number of amides is 3. The van der Waals surface area contributed by atoms with E-state index < -0.39 is 17.4 Å². The van der Waals surface area contributed by atoms with Crippen molar-refractivity contribution in [3.05, 3.63) is 76.9 Å². The summed E-state index contributed by atoms with van der Waals surface area (Å²) in [6.45, 7) is 6.51. The molecule has 2 aromatic carbocycles. The molecule has 0 spiro atoms. The predicted octanol–water partition coefficient (Wildman–Crippen LogP) is 6.74. The molecule has 4 rings (SSSR count). The van der Waals surface area contributed by atoms with Gasteiger partial charge in [0, 0.05) is 37.0 Å². The number of piperidine rings is 1. The minimum atomic E-state index is -0.559. The Morgan fingerprint density at radius 3 is 2.34 bits per heavy atom. The van der Waals surface area contributed by atoms with E-state index in [2.05, 4.69) is 15.6 Å². The van der Waals surface area contributed by atoms with Crippen molar-refractivity contribution < 1.29 is 23.9 Å². The third-order valence-corrected chi connectivity index (χ3v) is 7.16. The van der Waals surface area contributed by atoms with Crippen LogP contribution in [0, 0.1) is 0 Å². The summed E-state index contributed by atoms with van der Waals surface area (Å²) in [5, 5.41) is 6.04. The molecule has 3 amide bonds. The van der Waals surface area contributed by atoms with Crippen molar-refractivity contribution in [2.75, 3.05) is 30.0 Å². The molecule has 216 valence electrons. The number of rotatable bonds is 7. The van der Waals surface area contributed by atoms with E-state index in [1.165, 1.54) is 18.0 Å². The van der Waals surface area contributed by atoms with E-state index in [1.54, 1.807) is 47.4 Å². The quantitative estimate of drug-likeness (QED) is 0.291. The summed E-state index contributed by atoms with van der Waals surface area (Å²) in [4.78, 5) is 45.7. The molecule has 2 N–H and O–H groups in total. The van der Waals surface area contributed by atoms with Crippen molar-refractivity contribution in [3.63, 3.8) is 0 Å². The number of pyridine rings is 1. The smallest absolute Gasteiger partial charge is 0.410 e. The Morgan fingerprint density at radius 1 is 0.976 bits per heavy atom. The molecule has 0 bridgehead atoms. The number of nitrogens with one attached hydrogen (secondary N) is 2. The Labute approximate surface area is 249 Å². The van der Waals surface area contributed by atoms with Gasteiger partial charge in [0.1, 0.15) is 23.3 Å². The van der Waals surface area contributed by atoms with Crippen LogP contribution in [0.1, 0.15) is 54.3 Å². The van der Waals surface area contributed by atoms with Gasteiger partial charge in [0.05, 0.1) is 21.8 Å². The highest BCUT2D eigenvalue weighted by Gasteiger charge is 2.28. The van der Waals surface area contributed by atoms with E-state index in [9.17, 15) is 14.4 Å². The van der Waals surface area contributed by atoms with Crippen LogP contribution < -0.4 is 15.4 Å². The number of carbonyl (C=O) groups excluding carboxylic acids is 3. The Bertz CT molecular complexity index is 1400. The van der Waals surface area contributed by atoms with Crippen LogP contribution in [0.15, 0.2) is 65.7 Å². The standard InChI is InChI=1S/C30H33ClN4O5S/c1-30(2,3)40-29(38)35-15-13-20(14-16-35)39-25-17-21(41-4)10-11-23(25)28(37)33-24-8-6-5-7-22(24)27(36)34-26-12-9-19(31)18-32-26/h5-12,17-18,20H,13-16H2,1-4H3,(H,33,37)(H,32,34,36). The highest BCUT2D eigenvalue weighted by atomic mass is 35.5. The van der Waals surface area contributed by atoms with E-state index in [0.717, 1.165) is 4.90 Å². The van der Waals surface area contributed by atoms with Crippen LogP contribution >= 0.6 is 23.4 Å². The van der Waals surface area contributed by atoms with E-state index >= 15 is 0 Å². The Kier molecular flexibility index (Phi) is 9.77. The largest absolute Gasteiger partial charge is 0.489 e. The molecule has 41 heavy (non-hydrogen) atoms. The molecule has 11 heteroatoms. The number of hydrogen-bond donors (Lipinski definition) is 2. The molecule has 3 aromatic rings. The number of para-hydroxylation sites is 1. The second-order valence-corrected chi connectivity index (χ2v) is 11.8. The molecular formula is C30H33ClN4O5S. The highest BCUT2D eigenvalue weighted by molar-refractivity contribution is 7.98. The molecule has 0 atom stereocenters. The lowest BCUT2D eigenvalue weighted by Crippen LogP contribution is -2.44. The number of halogens is 1. The van der Waals surface area contributed by atoms with Crippen LogP contribution in [-0.4, -0.2) is 58.8 Å². The molecule has 0 saturated carbocycles. The molecule has 1 aliphatic rings. The zero-order valence-electron chi connectivity index (χ0n) is 23.4. The van der Waals surface area contributed by atoms with Crippen LogP contribution in [0.3, 0.4) is 0 Å². The maximum atomic E-state index is 13.5. The minimum absolute atomic E-state index is 0.178. The van der Waals surface area contributed by atoms with Gasteiger partial charge in [0.2, 0.25) is 0 Å². The molecule has 9 nitrogen and oxygen atoms in total. The van der Waals surface area contributed by atoms with E-state index in [1.807, 2.05) is 39.2 Å². The molecule has 1 saturated heterocycles. The van der Waals surface area contributed by atoms with E-state index in [0.29, 0.717) is 53.8 Å². The molecular weight excluding hydrogens is 564 g/mol. The first-order chi connectivity index (χ1) is 19.5. The van der Waals surface area contributed by atoms with Gasteiger partial charge in [-0.25, -0.2) is 9.78 Å². The molecule has 0 aliphatic carbocycles. The first-order valence-electron chi connectivity index (χ1n) is 13.2. The van der Waals surface area contributed by atoms with Gasteiger partial charge in [-0.3, -0.25) is 9.59 Å². The highest BCUT2D eigenvalue weighted by Crippen LogP contribution is 2.30. The zero-order chi connectivity index (χ0) is 29.6. The van der Waals surface area contributed by atoms with Crippen LogP contribution in [0.2, 0.25) is 5.02 Å². The Balaban J connectivity index is 1.47. The summed E-state index contributed by atoms with van der Waals surface area (Å²) < 4.78 is 11.8. The van der Waals surface area contributed by atoms with Crippen molar-refractivity contribution in [2.24, 2.45) is 0 Å². The summed E-state index contributed by atoms with van der Waals surface area (Å²) >= 11 is 7.42. The van der Waals surface area contributed by atoms with Crippen molar-refractivity contribution in [2.45, 2.75) is 50.2 Å². The van der Waals surface area contributed by atoms with E-state index in [4.69, 9.17) is 21.1 Å². The number of benzene rings is 2. The molecule has 0 unspecified atom stereocenters. The van der Waals surface area contributed by atoms with E-state index in [-0.39, 0.29) is 17.8 Å². The first-order valence-corrected chi connectivity index (χ1v) is 14.8. The minimum Gasteiger partial charge on any atom is -0.489 e. The van der Waals surface area contributed by atoms with Gasteiger partial charge in [-0.1, -0.05) is 23.7 Å². The fourth-order valence-electron chi connectivity index (χ4n) is 4.19. The third kappa shape index (κ3) is 8.37. The summed E-state index contributed by atoms with van der Waals surface area (Å²) in [5.41, 5.74) is 0.397. The zero-order valence-corrected chi connectivity index (χ0v) is 25.0. The number of carbonyl (C=O) groups is 3. The number of nitrogens with zero attached hydrogens (tertiary/aromatic N) is 2. The molecule has 1 aliphatic heterocycles. The van der Waals surface area contributed by atoms with Gasteiger partial charge in [-0.2, -0.15) is 0 Å². The number of hydrogen-bond acceptors (Lipinski definition) is 7. The number of ether oxygens (including phenoxy) is 2. The van der Waals surface area contributed by atoms with Gasteiger partial charge in [-0.05, 0) is 69.5 Å². The second-order valence-electron chi connectivity index (χ2n) is 10.5. The third-order valence-electron chi connectivity index (χ3n) is 6.21. The topological polar surface area (TPSA) is 110 Å². The fourth-order valence-corrected chi connectivity index (χ4v) is 4.73. The van der Waals surface area contributed by atoms with Crippen LogP contribution in [-0.2, 0) is 4.74 Å². The van der Waals surface area contributed by atoms with Gasteiger partial charge in [0.15, 0.2) is 0 Å². The van der Waals surface area contributed by atoms with Gasteiger partial charge >= 0.3 is 6.09 Å². The molecule has 2 heterocycles. The summed E-state index contributed by atoms with van der Waals surface area (Å²) in [7, 11) is 0. The van der Waals surface area contributed by atoms with Crippen molar-refractivity contribution in [1.82, 2.24) is 9.88 Å². The van der Waals surface area contributed by atoms with Crippen molar-refractivity contribution in [3.8, 4) is 5.75 Å². The predicted molar refractivity (Wildman–Crippen MR) is 161 cm³/mol. The Morgan fingerprint density at radius 2 is 1.68 bits per heavy atom. The summed E-state index contributed by atoms with van der Waals surface area (Å²) in [5.74, 6) is -0.0654. The number of anilines is 2. The van der Waals surface area contributed by atoms with Crippen LogP contribution in [0.4, 0.5) is 16.3 Å². The molecule has 1 aromatic heterocycles. The van der Waals surface area contributed by atoms with Crippen LogP contribution in [0.5, 0.6) is 5.75 Å². The summed E-state index contributed by atoms with van der Waals surface area (Å²) in [6, 6.07) is 15.3. The molecule has 1 fully saturated rings. The number of aromatic nitrogens is 1. The molecule has 0 radical (unpaired) electrons. The van der Waals surface area contributed by atoms with Crippen molar-refractivity contribution in [1.29, 1.82) is 0 Å². The maximum absolute atomic E-state index is 13.5. The van der Waals surface area contributed by atoms with Crippen molar-refractivity contribution >= 4 is 52.8 Å².